The van der Waals surface area contributed by atoms with E-state index < -0.39 is 0 Å². The van der Waals surface area contributed by atoms with Crippen molar-refractivity contribution in [1.82, 2.24) is 0 Å². The van der Waals surface area contributed by atoms with Crippen LogP contribution in [0.1, 0.15) is 57.8 Å². The van der Waals surface area contributed by atoms with Gasteiger partial charge in [-0.15, -0.1) is 9.24 Å². The third kappa shape index (κ3) is 2.30. The van der Waals surface area contributed by atoms with Crippen LogP contribution >= 0.6 is 9.24 Å². The molecule has 0 aromatic rings. The first-order valence-corrected chi connectivity index (χ1v) is 9.59. The van der Waals surface area contributed by atoms with Gasteiger partial charge in [-0.05, 0) is 49.1 Å². The van der Waals surface area contributed by atoms with E-state index in [1.54, 1.807) is 0 Å². The SMILES string of the molecule is PC1CCC2C3C=CCCC3OC2C1C1CCCCC1. The summed E-state index contributed by atoms with van der Waals surface area (Å²) in [6.45, 7) is 0. The molecule has 0 spiro atoms. The molecule has 20 heavy (non-hydrogen) atoms. The molecule has 3 fully saturated rings. The Balaban J connectivity index is 1.56. The molecular formula is C18H29OP. The topological polar surface area (TPSA) is 9.23 Å². The fraction of sp³-hybridized carbons (Fsp3) is 0.889. The van der Waals surface area contributed by atoms with Crippen molar-refractivity contribution in [3.8, 4) is 0 Å². The highest BCUT2D eigenvalue weighted by molar-refractivity contribution is 7.17. The van der Waals surface area contributed by atoms with Gasteiger partial charge in [-0.1, -0.05) is 44.3 Å². The van der Waals surface area contributed by atoms with Crippen LogP contribution in [0.15, 0.2) is 12.2 Å². The third-order valence-electron chi connectivity index (χ3n) is 6.55. The minimum atomic E-state index is 0.552. The van der Waals surface area contributed by atoms with Gasteiger partial charge in [0.25, 0.3) is 0 Å². The van der Waals surface area contributed by atoms with Gasteiger partial charge in [-0.3, -0.25) is 0 Å². The van der Waals surface area contributed by atoms with Crippen LogP contribution in [0.3, 0.4) is 0 Å². The number of hydrogen-bond acceptors (Lipinski definition) is 1. The zero-order valence-electron chi connectivity index (χ0n) is 12.5. The van der Waals surface area contributed by atoms with Crippen molar-refractivity contribution in [2.75, 3.05) is 0 Å². The summed E-state index contributed by atoms with van der Waals surface area (Å²) in [6.07, 6.45) is 18.7. The molecule has 0 aromatic carbocycles. The summed E-state index contributed by atoms with van der Waals surface area (Å²) in [7, 11) is 3.19. The molecule has 1 nitrogen and oxygen atoms in total. The standard InChI is InChI=1S/C18H29OP/c20-16-11-10-14-13-8-4-5-9-15(13)19-18(14)17(16)12-6-2-1-3-7-12/h4,8,12-18H,1-3,5-7,9-11,20H2. The molecule has 2 heteroatoms. The highest BCUT2D eigenvalue weighted by Crippen LogP contribution is 2.52. The number of allylic oxidation sites excluding steroid dienone is 1. The predicted octanol–water partition coefficient (Wildman–Crippen LogP) is 4.57. The summed E-state index contributed by atoms with van der Waals surface area (Å²) in [6, 6.07) is 0. The van der Waals surface area contributed by atoms with Crippen LogP contribution in [-0.4, -0.2) is 17.9 Å². The molecule has 0 aromatic heterocycles. The normalized spacial score (nSPS) is 48.9. The van der Waals surface area contributed by atoms with Gasteiger partial charge in [0.15, 0.2) is 0 Å². The lowest BCUT2D eigenvalue weighted by Crippen LogP contribution is -2.43. The number of rotatable bonds is 1. The molecule has 0 radical (unpaired) electrons. The summed E-state index contributed by atoms with van der Waals surface area (Å²) in [4.78, 5) is 0. The molecule has 1 heterocycles. The second-order valence-electron chi connectivity index (χ2n) is 7.60. The Bertz CT molecular complexity index is 374. The molecule has 112 valence electrons. The monoisotopic (exact) mass is 292 g/mol. The first-order chi connectivity index (χ1) is 9.84. The minimum Gasteiger partial charge on any atom is -0.374 e. The largest absolute Gasteiger partial charge is 0.374 e. The van der Waals surface area contributed by atoms with Crippen molar-refractivity contribution in [2.45, 2.75) is 75.7 Å². The smallest absolute Gasteiger partial charge is 0.0650 e. The predicted molar refractivity (Wildman–Crippen MR) is 86.8 cm³/mol. The van der Waals surface area contributed by atoms with Crippen LogP contribution in [0.2, 0.25) is 0 Å². The molecule has 7 unspecified atom stereocenters. The highest BCUT2D eigenvalue weighted by atomic mass is 31.0. The van der Waals surface area contributed by atoms with E-state index >= 15 is 0 Å². The summed E-state index contributed by atoms with van der Waals surface area (Å²) in [5.74, 6) is 3.36. The summed E-state index contributed by atoms with van der Waals surface area (Å²) >= 11 is 0. The minimum absolute atomic E-state index is 0.552. The van der Waals surface area contributed by atoms with Crippen LogP contribution in [0, 0.1) is 23.7 Å². The van der Waals surface area contributed by atoms with Crippen molar-refractivity contribution < 1.29 is 4.74 Å². The van der Waals surface area contributed by atoms with E-state index in [4.69, 9.17) is 4.74 Å². The summed E-state index contributed by atoms with van der Waals surface area (Å²) in [5.41, 5.74) is 0.809. The lowest BCUT2D eigenvalue weighted by atomic mass is 9.66. The van der Waals surface area contributed by atoms with Crippen LogP contribution in [0.5, 0.6) is 0 Å². The Morgan fingerprint density at radius 3 is 2.65 bits per heavy atom. The second kappa shape index (κ2) is 5.73. The van der Waals surface area contributed by atoms with Crippen molar-refractivity contribution in [3.05, 3.63) is 12.2 Å². The molecule has 0 bridgehead atoms. The molecule has 7 atom stereocenters. The van der Waals surface area contributed by atoms with E-state index in [0.717, 1.165) is 29.3 Å². The Hall–Kier alpha value is 0.130. The van der Waals surface area contributed by atoms with E-state index in [-0.39, 0.29) is 0 Å². The summed E-state index contributed by atoms with van der Waals surface area (Å²) < 4.78 is 6.64. The zero-order valence-corrected chi connectivity index (χ0v) is 13.7. The fourth-order valence-corrected chi connectivity index (χ4v) is 6.35. The van der Waals surface area contributed by atoms with E-state index in [1.165, 1.54) is 57.8 Å². The van der Waals surface area contributed by atoms with Crippen LogP contribution in [0.25, 0.3) is 0 Å². The van der Waals surface area contributed by atoms with Crippen LogP contribution in [0.4, 0.5) is 0 Å². The van der Waals surface area contributed by atoms with Gasteiger partial charge in [0.05, 0.1) is 12.2 Å². The maximum atomic E-state index is 6.64. The molecule has 1 aliphatic heterocycles. The van der Waals surface area contributed by atoms with Gasteiger partial charge < -0.3 is 4.74 Å². The maximum Gasteiger partial charge on any atom is 0.0650 e. The van der Waals surface area contributed by atoms with Crippen molar-refractivity contribution in [3.63, 3.8) is 0 Å². The van der Waals surface area contributed by atoms with E-state index in [2.05, 4.69) is 21.4 Å². The third-order valence-corrected chi connectivity index (χ3v) is 7.33. The number of fused-ring (bicyclic) bond motifs is 3. The Kier molecular flexibility index (Phi) is 3.94. The second-order valence-corrected chi connectivity index (χ2v) is 8.46. The van der Waals surface area contributed by atoms with Crippen molar-refractivity contribution in [1.29, 1.82) is 0 Å². The Labute approximate surface area is 126 Å². The quantitative estimate of drug-likeness (QED) is 0.508. The molecule has 0 amide bonds. The van der Waals surface area contributed by atoms with Crippen LogP contribution < -0.4 is 0 Å². The molecule has 4 rings (SSSR count). The van der Waals surface area contributed by atoms with E-state index in [0.29, 0.717) is 12.2 Å². The van der Waals surface area contributed by atoms with Crippen molar-refractivity contribution in [2.24, 2.45) is 23.7 Å². The average Bonchev–Trinajstić information content (AvgIpc) is 2.86. The molecule has 0 N–H and O–H groups in total. The maximum absolute atomic E-state index is 6.64. The molecule has 1 saturated heterocycles. The molecule has 4 aliphatic rings. The molecular weight excluding hydrogens is 263 g/mol. The molecule has 2 saturated carbocycles. The molecule has 3 aliphatic carbocycles. The van der Waals surface area contributed by atoms with Gasteiger partial charge in [-0.25, -0.2) is 0 Å². The van der Waals surface area contributed by atoms with Gasteiger partial charge >= 0.3 is 0 Å². The Morgan fingerprint density at radius 1 is 0.950 bits per heavy atom. The summed E-state index contributed by atoms with van der Waals surface area (Å²) in [5, 5.41) is 0. The van der Waals surface area contributed by atoms with E-state index in [1.807, 2.05) is 0 Å². The van der Waals surface area contributed by atoms with Gasteiger partial charge in [0, 0.05) is 5.92 Å². The van der Waals surface area contributed by atoms with Gasteiger partial charge in [-0.2, -0.15) is 0 Å². The average molecular weight is 292 g/mol. The lowest BCUT2D eigenvalue weighted by molar-refractivity contribution is -0.0416. The Morgan fingerprint density at radius 2 is 1.80 bits per heavy atom. The first-order valence-electron chi connectivity index (χ1n) is 8.92. The van der Waals surface area contributed by atoms with Crippen molar-refractivity contribution >= 4 is 9.24 Å². The fourth-order valence-electron chi connectivity index (χ4n) is 5.62. The van der Waals surface area contributed by atoms with Crippen LogP contribution in [-0.2, 0) is 4.74 Å². The first kappa shape index (κ1) is 13.8. The lowest BCUT2D eigenvalue weighted by Gasteiger charge is -2.44. The number of ether oxygens (including phenoxy) is 1. The van der Waals surface area contributed by atoms with Gasteiger partial charge in [0.1, 0.15) is 0 Å². The zero-order chi connectivity index (χ0) is 13.5. The van der Waals surface area contributed by atoms with E-state index in [9.17, 15) is 0 Å². The number of hydrogen-bond donors (Lipinski definition) is 0. The highest BCUT2D eigenvalue weighted by Gasteiger charge is 2.51. The van der Waals surface area contributed by atoms with Gasteiger partial charge in [0.2, 0.25) is 0 Å².